The topological polar surface area (TPSA) is 58.6 Å². The van der Waals surface area contributed by atoms with Gasteiger partial charge in [0.25, 0.3) is 5.91 Å². The van der Waals surface area contributed by atoms with Gasteiger partial charge in [-0.1, -0.05) is 53.7 Å². The Labute approximate surface area is 182 Å². The summed E-state index contributed by atoms with van der Waals surface area (Å²) < 4.78 is 6.01. The molecule has 1 fully saturated rings. The van der Waals surface area contributed by atoms with Gasteiger partial charge in [0, 0.05) is 31.6 Å². The molecule has 1 aliphatic heterocycles. The molecule has 0 bridgehead atoms. The minimum absolute atomic E-state index is 0.0102. The third-order valence-electron chi connectivity index (χ3n) is 6.92. The van der Waals surface area contributed by atoms with Crippen molar-refractivity contribution in [2.45, 2.75) is 91.0 Å². The number of hydrogen-bond donors (Lipinski definition) is 1. The summed E-state index contributed by atoms with van der Waals surface area (Å²) in [4.78, 5) is 25.8. The SMILES string of the molecule is CCC(C)(C)c1ccc(OCC(=O)NC2CCN(C(C)=O)CC2)c(C(C)(C)CC)c1. The average Bonchev–Trinajstić information content (AvgIpc) is 2.72. The molecule has 5 nitrogen and oxygen atoms in total. The van der Waals surface area contributed by atoms with Crippen LogP contribution in [0.2, 0.25) is 0 Å². The lowest BCUT2D eigenvalue weighted by molar-refractivity contribution is -0.130. The van der Waals surface area contributed by atoms with Crippen LogP contribution in [0.4, 0.5) is 0 Å². The Hall–Kier alpha value is -2.04. The zero-order chi connectivity index (χ0) is 22.5. The zero-order valence-corrected chi connectivity index (χ0v) is 19.9. The number of ether oxygens (including phenoxy) is 1. The van der Waals surface area contributed by atoms with Crippen molar-refractivity contribution in [2.75, 3.05) is 19.7 Å². The molecule has 1 aromatic carbocycles. The quantitative estimate of drug-likeness (QED) is 0.675. The molecule has 0 aromatic heterocycles. The first-order valence-electron chi connectivity index (χ1n) is 11.3. The summed E-state index contributed by atoms with van der Waals surface area (Å²) in [6, 6.07) is 6.52. The number of likely N-dealkylation sites (tertiary alicyclic amines) is 1. The first-order chi connectivity index (χ1) is 14.0. The van der Waals surface area contributed by atoms with Gasteiger partial charge in [0.1, 0.15) is 5.75 Å². The Balaban J connectivity index is 2.05. The van der Waals surface area contributed by atoms with Crippen molar-refractivity contribution >= 4 is 11.8 Å². The number of rotatable bonds is 8. The Kier molecular flexibility index (Phi) is 7.95. The lowest BCUT2D eigenvalue weighted by atomic mass is 9.76. The van der Waals surface area contributed by atoms with Crippen molar-refractivity contribution in [1.82, 2.24) is 10.2 Å². The van der Waals surface area contributed by atoms with Gasteiger partial charge in [0.05, 0.1) is 0 Å². The molecule has 1 aromatic rings. The van der Waals surface area contributed by atoms with E-state index in [0.29, 0.717) is 13.1 Å². The van der Waals surface area contributed by atoms with Crippen molar-refractivity contribution < 1.29 is 14.3 Å². The Morgan fingerprint density at radius 3 is 2.20 bits per heavy atom. The van der Waals surface area contributed by atoms with Crippen LogP contribution in [-0.4, -0.2) is 42.5 Å². The molecule has 0 spiro atoms. The maximum Gasteiger partial charge on any atom is 0.258 e. The van der Waals surface area contributed by atoms with Crippen LogP contribution in [-0.2, 0) is 20.4 Å². The molecule has 0 atom stereocenters. The fourth-order valence-corrected chi connectivity index (χ4v) is 3.75. The molecule has 1 N–H and O–H groups in total. The number of piperidine rings is 1. The molecular weight excluding hydrogens is 376 g/mol. The highest BCUT2D eigenvalue weighted by atomic mass is 16.5. The third kappa shape index (κ3) is 5.99. The minimum Gasteiger partial charge on any atom is -0.483 e. The van der Waals surface area contributed by atoms with Crippen LogP contribution < -0.4 is 10.1 Å². The van der Waals surface area contributed by atoms with Crippen molar-refractivity contribution in [1.29, 1.82) is 0 Å². The van der Waals surface area contributed by atoms with Crippen LogP contribution in [0, 0.1) is 0 Å². The van der Waals surface area contributed by atoms with E-state index in [1.807, 2.05) is 11.0 Å². The summed E-state index contributed by atoms with van der Waals surface area (Å²) in [5.74, 6) is 0.789. The van der Waals surface area contributed by atoms with Crippen molar-refractivity contribution in [2.24, 2.45) is 0 Å². The van der Waals surface area contributed by atoms with Gasteiger partial charge in [-0.15, -0.1) is 0 Å². The molecule has 1 aliphatic rings. The zero-order valence-electron chi connectivity index (χ0n) is 19.9. The molecule has 30 heavy (non-hydrogen) atoms. The molecule has 2 rings (SSSR count). The highest BCUT2D eigenvalue weighted by Crippen LogP contribution is 2.38. The van der Waals surface area contributed by atoms with Crippen molar-refractivity contribution in [3.8, 4) is 5.75 Å². The molecule has 1 heterocycles. The molecule has 0 unspecified atom stereocenters. The van der Waals surface area contributed by atoms with E-state index in [1.165, 1.54) is 5.56 Å². The van der Waals surface area contributed by atoms with E-state index in [0.717, 1.165) is 37.0 Å². The highest BCUT2D eigenvalue weighted by molar-refractivity contribution is 5.78. The number of nitrogens with zero attached hydrogens (tertiary/aromatic N) is 1. The van der Waals surface area contributed by atoms with Gasteiger partial charge >= 0.3 is 0 Å². The van der Waals surface area contributed by atoms with Crippen molar-refractivity contribution in [3.05, 3.63) is 29.3 Å². The van der Waals surface area contributed by atoms with Crippen LogP contribution >= 0.6 is 0 Å². The molecular formula is C25H40N2O3. The molecule has 168 valence electrons. The van der Waals surface area contributed by atoms with Crippen LogP contribution in [0.15, 0.2) is 18.2 Å². The van der Waals surface area contributed by atoms with E-state index in [1.54, 1.807) is 6.92 Å². The molecule has 2 amide bonds. The third-order valence-corrected chi connectivity index (χ3v) is 6.92. The number of hydrogen-bond acceptors (Lipinski definition) is 3. The monoisotopic (exact) mass is 416 g/mol. The van der Waals surface area contributed by atoms with Gasteiger partial charge in [-0.2, -0.15) is 0 Å². The summed E-state index contributed by atoms with van der Waals surface area (Å²) >= 11 is 0. The maximum absolute atomic E-state index is 12.5. The van der Waals surface area contributed by atoms with Gasteiger partial charge in [-0.3, -0.25) is 9.59 Å². The second-order valence-corrected chi connectivity index (χ2v) is 9.82. The smallest absolute Gasteiger partial charge is 0.258 e. The van der Waals surface area contributed by atoms with E-state index < -0.39 is 0 Å². The van der Waals surface area contributed by atoms with E-state index in [-0.39, 0.29) is 35.3 Å². The number of carbonyl (C=O) groups excluding carboxylic acids is 2. The molecule has 0 saturated carbocycles. The lowest BCUT2D eigenvalue weighted by Crippen LogP contribution is -2.47. The van der Waals surface area contributed by atoms with Crippen LogP contribution in [0.1, 0.15) is 85.3 Å². The first-order valence-corrected chi connectivity index (χ1v) is 11.3. The van der Waals surface area contributed by atoms with Gasteiger partial charge in [-0.05, 0) is 48.1 Å². The molecule has 5 heteroatoms. The Bertz CT molecular complexity index is 747. The summed E-state index contributed by atoms with van der Waals surface area (Å²) in [7, 11) is 0. The average molecular weight is 417 g/mol. The summed E-state index contributed by atoms with van der Waals surface area (Å²) in [5, 5.41) is 3.06. The standard InChI is InChI=1S/C25H40N2O3/c1-8-24(4,5)19-10-11-22(21(16-19)25(6,7)9-2)30-17-23(29)26-20-12-14-27(15-13-20)18(3)28/h10-11,16,20H,8-9,12-15,17H2,1-7H3,(H,26,29). The molecule has 0 aliphatic carbocycles. The normalized spacial score (nSPS) is 15.8. The summed E-state index contributed by atoms with van der Waals surface area (Å²) in [5.41, 5.74) is 2.52. The fourth-order valence-electron chi connectivity index (χ4n) is 3.75. The Morgan fingerprint density at radius 2 is 1.67 bits per heavy atom. The Morgan fingerprint density at radius 1 is 1.07 bits per heavy atom. The van der Waals surface area contributed by atoms with Gasteiger partial charge < -0.3 is 15.0 Å². The van der Waals surface area contributed by atoms with E-state index in [9.17, 15) is 9.59 Å². The van der Waals surface area contributed by atoms with E-state index in [2.05, 4.69) is 59.0 Å². The van der Waals surface area contributed by atoms with Gasteiger partial charge in [0.15, 0.2) is 6.61 Å². The largest absolute Gasteiger partial charge is 0.483 e. The van der Waals surface area contributed by atoms with E-state index in [4.69, 9.17) is 4.74 Å². The predicted octanol–water partition coefficient (Wildman–Crippen LogP) is 4.57. The minimum atomic E-state index is -0.102. The molecule has 1 saturated heterocycles. The number of carbonyl (C=O) groups is 2. The lowest BCUT2D eigenvalue weighted by Gasteiger charge is -2.32. The highest BCUT2D eigenvalue weighted by Gasteiger charge is 2.27. The van der Waals surface area contributed by atoms with Crippen LogP contribution in [0.5, 0.6) is 5.75 Å². The van der Waals surface area contributed by atoms with Crippen LogP contribution in [0.25, 0.3) is 0 Å². The summed E-state index contributed by atoms with van der Waals surface area (Å²) in [6.45, 7) is 16.4. The number of nitrogens with one attached hydrogen (secondary N) is 1. The van der Waals surface area contributed by atoms with E-state index >= 15 is 0 Å². The maximum atomic E-state index is 12.5. The van der Waals surface area contributed by atoms with Gasteiger partial charge in [0.2, 0.25) is 5.91 Å². The molecule has 0 radical (unpaired) electrons. The first kappa shape index (κ1) is 24.2. The van der Waals surface area contributed by atoms with Gasteiger partial charge in [-0.25, -0.2) is 0 Å². The number of amides is 2. The second-order valence-electron chi connectivity index (χ2n) is 9.82. The van der Waals surface area contributed by atoms with Crippen LogP contribution in [0.3, 0.4) is 0 Å². The number of benzene rings is 1. The second kappa shape index (κ2) is 9.84. The fraction of sp³-hybridized carbons (Fsp3) is 0.680. The van der Waals surface area contributed by atoms with Crippen molar-refractivity contribution in [3.63, 3.8) is 0 Å². The predicted molar refractivity (Wildman–Crippen MR) is 122 cm³/mol. The summed E-state index contributed by atoms with van der Waals surface area (Å²) in [6.07, 6.45) is 3.63.